The van der Waals surface area contributed by atoms with Crippen molar-refractivity contribution in [3.8, 4) is 0 Å². The van der Waals surface area contributed by atoms with E-state index in [0.717, 1.165) is 0 Å². The van der Waals surface area contributed by atoms with Crippen molar-refractivity contribution in [2.75, 3.05) is 11.6 Å². The van der Waals surface area contributed by atoms with Crippen molar-refractivity contribution < 1.29 is 23.3 Å². The molecular formula is C19H19NO5S. The van der Waals surface area contributed by atoms with E-state index < -0.39 is 28.8 Å². The molecule has 0 saturated carbocycles. The summed E-state index contributed by atoms with van der Waals surface area (Å²) in [5.41, 5.74) is 1.05. The molecular weight excluding hydrogens is 354 g/mol. The van der Waals surface area contributed by atoms with Crippen LogP contribution in [0, 0.1) is 0 Å². The molecule has 7 heteroatoms. The van der Waals surface area contributed by atoms with Gasteiger partial charge in [0, 0.05) is 17.5 Å². The number of carbonyl (C=O) groups excluding carboxylic acids is 3. The highest BCUT2D eigenvalue weighted by molar-refractivity contribution is 7.84. The van der Waals surface area contributed by atoms with E-state index in [1.165, 1.54) is 26.2 Å². The fourth-order valence-electron chi connectivity index (χ4n) is 2.22. The Hall–Kier alpha value is -2.80. The van der Waals surface area contributed by atoms with E-state index in [2.05, 4.69) is 5.32 Å². The van der Waals surface area contributed by atoms with Crippen LogP contribution in [-0.2, 0) is 20.3 Å². The number of hydrogen-bond acceptors (Lipinski definition) is 5. The van der Waals surface area contributed by atoms with Gasteiger partial charge in [0.2, 0.25) is 0 Å². The molecule has 0 aromatic heterocycles. The van der Waals surface area contributed by atoms with Crippen LogP contribution in [0.4, 0.5) is 5.69 Å². The minimum atomic E-state index is -1.36. The van der Waals surface area contributed by atoms with E-state index in [1.54, 1.807) is 42.5 Å². The highest BCUT2D eigenvalue weighted by Gasteiger charge is 2.21. The predicted octanol–water partition coefficient (Wildman–Crippen LogP) is 2.81. The first-order valence-corrected chi connectivity index (χ1v) is 9.40. The standard InChI is InChI=1S/C19H19NO5S/c1-12(21)14-7-6-8-15(11-14)20-18(22)13(2)25-19(23)16-9-4-5-10-17(16)26(3)24/h4-11,13H,1-3H3,(H,20,22)/t13-,26-/m0/s1. The molecule has 0 saturated heterocycles. The van der Waals surface area contributed by atoms with Crippen molar-refractivity contribution in [1.82, 2.24) is 0 Å². The number of Topliss-reactive ketones (excluding diaryl/α,β-unsaturated/α-hetero) is 1. The lowest BCUT2D eigenvalue weighted by Gasteiger charge is -2.15. The number of ether oxygens (including phenoxy) is 1. The molecule has 0 radical (unpaired) electrons. The highest BCUT2D eigenvalue weighted by atomic mass is 32.2. The van der Waals surface area contributed by atoms with Gasteiger partial charge in [-0.1, -0.05) is 24.3 Å². The summed E-state index contributed by atoms with van der Waals surface area (Å²) in [5.74, 6) is -1.38. The van der Waals surface area contributed by atoms with E-state index in [1.807, 2.05) is 0 Å². The van der Waals surface area contributed by atoms with Crippen molar-refractivity contribution in [2.24, 2.45) is 0 Å². The smallest absolute Gasteiger partial charge is 0.340 e. The van der Waals surface area contributed by atoms with E-state index in [0.29, 0.717) is 16.1 Å². The molecule has 26 heavy (non-hydrogen) atoms. The number of benzene rings is 2. The van der Waals surface area contributed by atoms with Crippen LogP contribution < -0.4 is 5.32 Å². The van der Waals surface area contributed by atoms with Gasteiger partial charge in [0.05, 0.1) is 21.3 Å². The molecule has 0 spiro atoms. The lowest BCUT2D eigenvalue weighted by molar-refractivity contribution is -0.123. The highest BCUT2D eigenvalue weighted by Crippen LogP contribution is 2.16. The molecule has 0 fully saturated rings. The third-order valence-electron chi connectivity index (χ3n) is 3.61. The lowest BCUT2D eigenvalue weighted by atomic mass is 10.1. The maximum absolute atomic E-state index is 12.3. The number of carbonyl (C=O) groups is 3. The fourth-order valence-corrected chi connectivity index (χ4v) is 2.95. The molecule has 2 aromatic rings. The zero-order valence-corrected chi connectivity index (χ0v) is 15.5. The van der Waals surface area contributed by atoms with Crippen LogP contribution in [0.5, 0.6) is 0 Å². The third-order valence-corrected chi connectivity index (χ3v) is 4.58. The van der Waals surface area contributed by atoms with E-state index in [-0.39, 0.29) is 11.3 Å². The Morgan fingerprint density at radius 2 is 1.77 bits per heavy atom. The SMILES string of the molecule is CC(=O)c1cccc(NC(=O)[C@H](C)OC(=O)c2ccccc2[S@](C)=O)c1. The predicted molar refractivity (Wildman–Crippen MR) is 98.7 cm³/mol. The van der Waals surface area contributed by atoms with Crippen LogP contribution in [0.3, 0.4) is 0 Å². The van der Waals surface area contributed by atoms with Crippen LogP contribution in [0.25, 0.3) is 0 Å². The fraction of sp³-hybridized carbons (Fsp3) is 0.211. The number of rotatable bonds is 6. The van der Waals surface area contributed by atoms with Gasteiger partial charge in [-0.3, -0.25) is 13.8 Å². The summed E-state index contributed by atoms with van der Waals surface area (Å²) in [6.07, 6.45) is 0.395. The zero-order chi connectivity index (χ0) is 19.3. The molecule has 2 aromatic carbocycles. The summed E-state index contributed by atoms with van der Waals surface area (Å²) in [6.45, 7) is 2.87. The molecule has 0 bridgehead atoms. The maximum Gasteiger partial charge on any atom is 0.340 e. The molecule has 6 nitrogen and oxygen atoms in total. The summed E-state index contributed by atoms with van der Waals surface area (Å²) in [6, 6.07) is 12.8. The van der Waals surface area contributed by atoms with Crippen molar-refractivity contribution in [2.45, 2.75) is 24.8 Å². The Labute approximate surface area is 154 Å². The molecule has 0 heterocycles. The quantitative estimate of drug-likeness (QED) is 0.621. The third kappa shape index (κ3) is 4.86. The van der Waals surface area contributed by atoms with E-state index >= 15 is 0 Å². The van der Waals surface area contributed by atoms with Crippen molar-refractivity contribution in [3.05, 3.63) is 59.7 Å². The summed E-state index contributed by atoms with van der Waals surface area (Å²) < 4.78 is 16.9. The van der Waals surface area contributed by atoms with Gasteiger partial charge in [0.25, 0.3) is 5.91 Å². The average molecular weight is 373 g/mol. The number of nitrogens with one attached hydrogen (secondary N) is 1. The number of hydrogen-bond donors (Lipinski definition) is 1. The topological polar surface area (TPSA) is 89.5 Å². The van der Waals surface area contributed by atoms with E-state index in [4.69, 9.17) is 4.74 Å². The van der Waals surface area contributed by atoms with Crippen molar-refractivity contribution in [3.63, 3.8) is 0 Å². The second kappa shape index (κ2) is 8.53. The van der Waals surface area contributed by atoms with Crippen LogP contribution >= 0.6 is 0 Å². The Morgan fingerprint density at radius 3 is 2.42 bits per heavy atom. The Kier molecular flexibility index (Phi) is 6.41. The number of esters is 1. The first-order valence-electron chi connectivity index (χ1n) is 7.85. The molecule has 0 aliphatic rings. The average Bonchev–Trinajstić information content (AvgIpc) is 2.61. The van der Waals surface area contributed by atoms with Gasteiger partial charge < -0.3 is 10.1 Å². The molecule has 0 aliphatic carbocycles. The molecule has 2 rings (SSSR count). The van der Waals surface area contributed by atoms with Gasteiger partial charge in [-0.15, -0.1) is 0 Å². The summed E-state index contributed by atoms with van der Waals surface area (Å²) in [5, 5.41) is 2.60. The van der Waals surface area contributed by atoms with Crippen molar-refractivity contribution in [1.29, 1.82) is 0 Å². The molecule has 0 aliphatic heterocycles. The Balaban J connectivity index is 2.07. The summed E-state index contributed by atoms with van der Waals surface area (Å²) >= 11 is 0. The molecule has 136 valence electrons. The normalized spacial score (nSPS) is 12.7. The molecule has 1 amide bonds. The maximum atomic E-state index is 12.3. The summed E-state index contributed by atoms with van der Waals surface area (Å²) in [7, 11) is -1.36. The van der Waals surface area contributed by atoms with Gasteiger partial charge in [-0.05, 0) is 38.1 Å². The van der Waals surface area contributed by atoms with Gasteiger partial charge in [-0.25, -0.2) is 4.79 Å². The van der Waals surface area contributed by atoms with Gasteiger partial charge >= 0.3 is 5.97 Å². The minimum absolute atomic E-state index is 0.121. The van der Waals surface area contributed by atoms with Crippen molar-refractivity contribution >= 4 is 34.1 Å². The zero-order valence-electron chi connectivity index (χ0n) is 14.6. The largest absolute Gasteiger partial charge is 0.449 e. The number of anilines is 1. The van der Waals surface area contributed by atoms with Crippen LogP contribution in [0.15, 0.2) is 53.4 Å². The first kappa shape index (κ1) is 19.5. The van der Waals surface area contributed by atoms with Gasteiger partial charge in [0.15, 0.2) is 11.9 Å². The molecule has 0 unspecified atom stereocenters. The molecule has 2 atom stereocenters. The van der Waals surface area contributed by atoms with Crippen LogP contribution in [0.1, 0.15) is 34.6 Å². The second-order valence-corrected chi connectivity index (χ2v) is 6.97. The van der Waals surface area contributed by atoms with Gasteiger partial charge in [-0.2, -0.15) is 0 Å². The summed E-state index contributed by atoms with van der Waals surface area (Å²) in [4.78, 5) is 36.3. The van der Waals surface area contributed by atoms with Gasteiger partial charge in [0.1, 0.15) is 0 Å². The number of ketones is 1. The van der Waals surface area contributed by atoms with Crippen LogP contribution in [0.2, 0.25) is 0 Å². The minimum Gasteiger partial charge on any atom is -0.449 e. The molecule has 1 N–H and O–H groups in total. The van der Waals surface area contributed by atoms with Crippen LogP contribution in [-0.4, -0.2) is 34.2 Å². The first-order chi connectivity index (χ1) is 12.3. The lowest BCUT2D eigenvalue weighted by Crippen LogP contribution is -2.30. The monoisotopic (exact) mass is 373 g/mol. The van der Waals surface area contributed by atoms with E-state index in [9.17, 15) is 18.6 Å². The number of amides is 1. The Morgan fingerprint density at radius 1 is 1.08 bits per heavy atom. The second-order valence-electron chi connectivity index (χ2n) is 5.62. The Bertz CT molecular complexity index is 878.